The SMILES string of the molecule is CCCN1C(=O)COc2ccc(NC(=O)CCCOc3ccc(Cl)cc3Cl)cc21. The van der Waals surface area contributed by atoms with E-state index in [4.69, 9.17) is 32.7 Å². The van der Waals surface area contributed by atoms with E-state index in [2.05, 4.69) is 5.32 Å². The van der Waals surface area contributed by atoms with Crippen LogP contribution in [-0.2, 0) is 9.59 Å². The molecule has 0 bridgehead atoms. The molecule has 2 aromatic carbocycles. The third-order valence-electron chi connectivity index (χ3n) is 4.33. The number of amides is 2. The van der Waals surface area contributed by atoms with Gasteiger partial charge in [0.05, 0.1) is 17.3 Å². The Morgan fingerprint density at radius 2 is 2.07 bits per heavy atom. The van der Waals surface area contributed by atoms with Crippen LogP contribution in [0.1, 0.15) is 26.2 Å². The predicted molar refractivity (Wildman–Crippen MR) is 114 cm³/mol. The van der Waals surface area contributed by atoms with E-state index in [1.807, 2.05) is 6.92 Å². The first-order chi connectivity index (χ1) is 14.0. The lowest BCUT2D eigenvalue weighted by molar-refractivity contribution is -0.121. The van der Waals surface area contributed by atoms with Crippen molar-refractivity contribution >= 4 is 46.4 Å². The van der Waals surface area contributed by atoms with Gasteiger partial charge in [-0.3, -0.25) is 9.59 Å². The maximum Gasteiger partial charge on any atom is 0.265 e. The third-order valence-corrected chi connectivity index (χ3v) is 4.86. The first-order valence-electron chi connectivity index (χ1n) is 9.43. The number of nitrogens with one attached hydrogen (secondary N) is 1. The minimum Gasteiger partial charge on any atom is -0.492 e. The van der Waals surface area contributed by atoms with Crippen LogP contribution in [0.2, 0.25) is 10.0 Å². The number of carbonyl (C=O) groups excluding carboxylic acids is 2. The molecular weight excluding hydrogens is 415 g/mol. The number of fused-ring (bicyclic) bond motifs is 1. The largest absolute Gasteiger partial charge is 0.492 e. The number of ether oxygens (including phenoxy) is 2. The molecule has 0 radical (unpaired) electrons. The number of anilines is 2. The zero-order valence-corrected chi connectivity index (χ0v) is 17.6. The fourth-order valence-electron chi connectivity index (χ4n) is 2.98. The van der Waals surface area contributed by atoms with Gasteiger partial charge in [-0.1, -0.05) is 30.1 Å². The predicted octanol–water partition coefficient (Wildman–Crippen LogP) is 4.93. The Morgan fingerprint density at radius 3 is 2.83 bits per heavy atom. The fraction of sp³-hybridized carbons (Fsp3) is 0.333. The number of rotatable bonds is 8. The van der Waals surface area contributed by atoms with E-state index in [1.54, 1.807) is 41.3 Å². The van der Waals surface area contributed by atoms with Crippen LogP contribution in [-0.4, -0.2) is 31.6 Å². The standard InChI is InChI=1S/C21H22Cl2N2O4/c1-2-9-25-17-12-15(6-8-19(17)29-13-21(25)27)24-20(26)4-3-10-28-18-7-5-14(22)11-16(18)23/h5-8,11-12H,2-4,9-10,13H2,1H3,(H,24,26). The zero-order chi connectivity index (χ0) is 20.8. The van der Waals surface area contributed by atoms with Gasteiger partial charge in [-0.25, -0.2) is 0 Å². The number of nitrogens with zero attached hydrogens (tertiary/aromatic N) is 1. The maximum absolute atomic E-state index is 12.3. The van der Waals surface area contributed by atoms with Gasteiger partial charge < -0.3 is 19.7 Å². The van der Waals surface area contributed by atoms with Gasteiger partial charge in [0.1, 0.15) is 11.5 Å². The van der Waals surface area contributed by atoms with Crippen molar-refractivity contribution in [3.05, 3.63) is 46.4 Å². The van der Waals surface area contributed by atoms with E-state index >= 15 is 0 Å². The van der Waals surface area contributed by atoms with E-state index in [0.29, 0.717) is 52.5 Å². The molecule has 1 heterocycles. The molecule has 0 fully saturated rings. The molecule has 0 saturated heterocycles. The molecular formula is C21H22Cl2N2O4. The van der Waals surface area contributed by atoms with Gasteiger partial charge in [-0.05, 0) is 49.2 Å². The Balaban J connectivity index is 1.52. The summed E-state index contributed by atoms with van der Waals surface area (Å²) in [6, 6.07) is 10.3. The summed E-state index contributed by atoms with van der Waals surface area (Å²) in [6.07, 6.45) is 1.65. The molecule has 154 valence electrons. The van der Waals surface area contributed by atoms with Crippen LogP contribution < -0.4 is 19.7 Å². The van der Waals surface area contributed by atoms with Crippen molar-refractivity contribution < 1.29 is 19.1 Å². The molecule has 29 heavy (non-hydrogen) atoms. The van der Waals surface area contributed by atoms with Crippen molar-refractivity contribution in [2.45, 2.75) is 26.2 Å². The van der Waals surface area contributed by atoms with Gasteiger partial charge in [0.25, 0.3) is 5.91 Å². The van der Waals surface area contributed by atoms with Crippen molar-refractivity contribution in [3.8, 4) is 11.5 Å². The second-order valence-corrected chi connectivity index (χ2v) is 7.44. The Hall–Kier alpha value is -2.44. The highest BCUT2D eigenvalue weighted by Gasteiger charge is 2.25. The number of carbonyl (C=O) groups is 2. The molecule has 2 amide bonds. The summed E-state index contributed by atoms with van der Waals surface area (Å²) in [4.78, 5) is 26.0. The monoisotopic (exact) mass is 436 g/mol. The summed E-state index contributed by atoms with van der Waals surface area (Å²) in [7, 11) is 0. The Bertz CT molecular complexity index is 904. The average molecular weight is 437 g/mol. The maximum atomic E-state index is 12.3. The van der Waals surface area contributed by atoms with Crippen molar-refractivity contribution in [1.29, 1.82) is 0 Å². The normalized spacial score (nSPS) is 12.9. The smallest absolute Gasteiger partial charge is 0.265 e. The highest BCUT2D eigenvalue weighted by Crippen LogP contribution is 2.34. The minimum atomic E-state index is -0.138. The van der Waals surface area contributed by atoms with Crippen molar-refractivity contribution in [2.24, 2.45) is 0 Å². The third kappa shape index (κ3) is 5.55. The van der Waals surface area contributed by atoms with Gasteiger partial charge >= 0.3 is 0 Å². The van der Waals surface area contributed by atoms with Crippen LogP contribution in [0.25, 0.3) is 0 Å². The number of hydrogen-bond acceptors (Lipinski definition) is 4. The minimum absolute atomic E-state index is 0.0380. The second-order valence-electron chi connectivity index (χ2n) is 6.59. The van der Waals surface area contributed by atoms with E-state index in [0.717, 1.165) is 6.42 Å². The number of hydrogen-bond donors (Lipinski definition) is 1. The topological polar surface area (TPSA) is 67.9 Å². The van der Waals surface area contributed by atoms with Crippen molar-refractivity contribution in [3.63, 3.8) is 0 Å². The summed E-state index contributed by atoms with van der Waals surface area (Å²) in [6.45, 7) is 3.01. The van der Waals surface area contributed by atoms with Crippen LogP contribution >= 0.6 is 23.2 Å². The molecule has 1 aliphatic heterocycles. The van der Waals surface area contributed by atoms with E-state index in [1.165, 1.54) is 0 Å². The van der Waals surface area contributed by atoms with Crippen molar-refractivity contribution in [1.82, 2.24) is 0 Å². The molecule has 1 aliphatic rings. The molecule has 6 nitrogen and oxygen atoms in total. The van der Waals surface area contributed by atoms with Crippen LogP contribution in [0.15, 0.2) is 36.4 Å². The summed E-state index contributed by atoms with van der Waals surface area (Å²) in [5, 5.41) is 3.83. The van der Waals surface area contributed by atoms with E-state index in [9.17, 15) is 9.59 Å². The van der Waals surface area contributed by atoms with Crippen LogP contribution in [0, 0.1) is 0 Å². The summed E-state index contributed by atoms with van der Waals surface area (Å²) >= 11 is 11.9. The van der Waals surface area contributed by atoms with Gasteiger partial charge in [0, 0.05) is 23.7 Å². The molecule has 0 unspecified atom stereocenters. The first kappa shape index (κ1) is 21.3. The molecule has 0 saturated carbocycles. The van der Waals surface area contributed by atoms with E-state index in [-0.39, 0.29) is 24.8 Å². The van der Waals surface area contributed by atoms with Crippen LogP contribution in [0.5, 0.6) is 11.5 Å². The van der Waals surface area contributed by atoms with Gasteiger partial charge in [-0.15, -0.1) is 0 Å². The quantitative estimate of drug-likeness (QED) is 0.595. The number of benzene rings is 2. The Kier molecular flexibility index (Phi) is 7.23. The average Bonchev–Trinajstić information content (AvgIpc) is 2.69. The van der Waals surface area contributed by atoms with Gasteiger partial charge in [0.2, 0.25) is 5.91 Å². The van der Waals surface area contributed by atoms with Crippen LogP contribution in [0.4, 0.5) is 11.4 Å². The summed E-state index contributed by atoms with van der Waals surface area (Å²) in [5.41, 5.74) is 1.30. The zero-order valence-electron chi connectivity index (χ0n) is 16.0. The summed E-state index contributed by atoms with van der Waals surface area (Å²) < 4.78 is 11.1. The first-order valence-corrected chi connectivity index (χ1v) is 10.2. The highest BCUT2D eigenvalue weighted by molar-refractivity contribution is 6.35. The molecule has 1 N–H and O–H groups in total. The molecule has 2 aromatic rings. The lowest BCUT2D eigenvalue weighted by Gasteiger charge is -2.29. The molecule has 0 aliphatic carbocycles. The second kappa shape index (κ2) is 9.85. The highest BCUT2D eigenvalue weighted by atomic mass is 35.5. The lowest BCUT2D eigenvalue weighted by Crippen LogP contribution is -2.39. The summed E-state index contributed by atoms with van der Waals surface area (Å²) in [5.74, 6) is 0.956. The fourth-order valence-corrected chi connectivity index (χ4v) is 3.44. The molecule has 0 spiro atoms. The van der Waals surface area contributed by atoms with Gasteiger partial charge in [0.15, 0.2) is 6.61 Å². The molecule has 0 aromatic heterocycles. The van der Waals surface area contributed by atoms with Crippen LogP contribution in [0.3, 0.4) is 0 Å². The molecule has 0 atom stereocenters. The molecule has 8 heteroatoms. The number of halogens is 2. The Labute approximate surface area is 179 Å². The lowest BCUT2D eigenvalue weighted by atomic mass is 10.2. The van der Waals surface area contributed by atoms with E-state index < -0.39 is 0 Å². The van der Waals surface area contributed by atoms with Gasteiger partial charge in [-0.2, -0.15) is 0 Å². The van der Waals surface area contributed by atoms with Crippen molar-refractivity contribution in [2.75, 3.05) is 30.0 Å². The molecule has 3 rings (SSSR count). The Morgan fingerprint density at radius 1 is 1.24 bits per heavy atom.